The zero-order chi connectivity index (χ0) is 19.5. The summed E-state index contributed by atoms with van der Waals surface area (Å²) in [4.78, 5) is 15.3. The predicted molar refractivity (Wildman–Crippen MR) is 75.7 cm³/mol. The van der Waals surface area contributed by atoms with Crippen molar-refractivity contribution in [1.82, 2.24) is 20.4 Å². The summed E-state index contributed by atoms with van der Waals surface area (Å²) < 4.78 is 78.0. The summed E-state index contributed by atoms with van der Waals surface area (Å²) in [6.45, 7) is -1.46. The molecule has 0 unspecified atom stereocenters. The highest BCUT2D eigenvalue weighted by molar-refractivity contribution is 5.73. The maximum absolute atomic E-state index is 12.4. The first kappa shape index (κ1) is 19.5. The second-order valence-corrected chi connectivity index (χ2v) is 5.25. The van der Waals surface area contributed by atoms with Crippen molar-refractivity contribution in [2.24, 2.45) is 0 Å². The Balaban J connectivity index is 1.95. The summed E-state index contributed by atoms with van der Waals surface area (Å²) in [5, 5.41) is 5.52. The number of alkyl halides is 6. The van der Waals surface area contributed by atoms with Crippen LogP contribution in [0.3, 0.4) is 0 Å². The normalized spacial score (nSPS) is 12.1. The van der Waals surface area contributed by atoms with Crippen LogP contribution >= 0.6 is 0 Å². The van der Waals surface area contributed by atoms with Crippen molar-refractivity contribution in [3.05, 3.63) is 35.7 Å². The van der Waals surface area contributed by atoms with Gasteiger partial charge in [-0.3, -0.25) is 0 Å². The zero-order valence-corrected chi connectivity index (χ0v) is 13.1. The second-order valence-electron chi connectivity index (χ2n) is 5.25. The standard InChI is InChI=1S/C14H12F6N4O2/c1-24(7-13(15,16)17)12(25)21-6-8-2-4-9(5-3-8)10-22-11(26-23-10)14(18,19)20/h2-5H,6-7H2,1H3,(H,21,25). The zero-order valence-electron chi connectivity index (χ0n) is 13.1. The minimum Gasteiger partial charge on any atom is -0.334 e. The lowest BCUT2D eigenvalue weighted by molar-refractivity contribution is -0.159. The van der Waals surface area contributed by atoms with E-state index >= 15 is 0 Å². The smallest absolute Gasteiger partial charge is 0.334 e. The number of amides is 2. The molecule has 26 heavy (non-hydrogen) atoms. The summed E-state index contributed by atoms with van der Waals surface area (Å²) in [7, 11) is 1.00. The van der Waals surface area contributed by atoms with Gasteiger partial charge in [-0.25, -0.2) is 4.79 Å². The van der Waals surface area contributed by atoms with E-state index in [0.717, 1.165) is 7.05 Å². The van der Waals surface area contributed by atoms with Crippen LogP contribution in [0.25, 0.3) is 11.4 Å². The Morgan fingerprint density at radius 3 is 2.27 bits per heavy atom. The molecule has 1 N–H and O–H groups in total. The monoisotopic (exact) mass is 382 g/mol. The molecule has 0 spiro atoms. The Bertz CT molecular complexity index is 754. The number of aromatic nitrogens is 2. The molecule has 1 aromatic carbocycles. The summed E-state index contributed by atoms with van der Waals surface area (Å²) in [5.74, 6) is -1.74. The molecule has 0 atom stereocenters. The molecule has 142 valence electrons. The lowest BCUT2D eigenvalue weighted by Crippen LogP contribution is -2.41. The quantitative estimate of drug-likeness (QED) is 0.823. The van der Waals surface area contributed by atoms with Crippen molar-refractivity contribution >= 4 is 6.03 Å². The number of urea groups is 1. The van der Waals surface area contributed by atoms with Gasteiger partial charge in [0, 0.05) is 19.2 Å². The molecule has 1 heterocycles. The van der Waals surface area contributed by atoms with Crippen LogP contribution in [0.4, 0.5) is 31.1 Å². The molecule has 2 aromatic rings. The number of halogens is 6. The topological polar surface area (TPSA) is 71.3 Å². The number of hydrogen-bond donors (Lipinski definition) is 1. The summed E-state index contributed by atoms with van der Waals surface area (Å²) in [6, 6.07) is 4.79. The van der Waals surface area contributed by atoms with Gasteiger partial charge in [0.15, 0.2) is 0 Å². The van der Waals surface area contributed by atoms with Crippen LogP contribution in [0.2, 0.25) is 0 Å². The first-order valence-electron chi connectivity index (χ1n) is 7.01. The fourth-order valence-electron chi connectivity index (χ4n) is 1.88. The number of nitrogens with one attached hydrogen (secondary N) is 1. The van der Waals surface area contributed by atoms with E-state index in [9.17, 15) is 31.1 Å². The molecule has 0 saturated carbocycles. The number of nitrogens with zero attached hydrogens (tertiary/aromatic N) is 3. The van der Waals surface area contributed by atoms with Crippen molar-refractivity contribution in [2.75, 3.05) is 13.6 Å². The Morgan fingerprint density at radius 1 is 1.15 bits per heavy atom. The number of hydrogen-bond acceptors (Lipinski definition) is 4. The fraction of sp³-hybridized carbons (Fsp3) is 0.357. The SMILES string of the molecule is CN(CC(F)(F)F)C(=O)NCc1ccc(-c2noc(C(F)(F)F)n2)cc1. The maximum atomic E-state index is 12.4. The van der Waals surface area contributed by atoms with Crippen molar-refractivity contribution in [2.45, 2.75) is 18.9 Å². The molecule has 2 amide bonds. The molecule has 0 bridgehead atoms. The third-order valence-electron chi connectivity index (χ3n) is 3.09. The first-order chi connectivity index (χ1) is 12.0. The molecule has 2 rings (SSSR count). The van der Waals surface area contributed by atoms with Crippen LogP contribution < -0.4 is 5.32 Å². The molecular formula is C14H12F6N4O2. The number of benzene rings is 1. The van der Waals surface area contributed by atoms with Gasteiger partial charge < -0.3 is 14.7 Å². The van der Waals surface area contributed by atoms with Crippen LogP contribution in [-0.2, 0) is 12.7 Å². The Morgan fingerprint density at radius 2 is 1.77 bits per heavy atom. The molecule has 0 aliphatic heterocycles. The lowest BCUT2D eigenvalue weighted by Gasteiger charge is -2.19. The van der Waals surface area contributed by atoms with Gasteiger partial charge in [-0.1, -0.05) is 29.4 Å². The first-order valence-corrected chi connectivity index (χ1v) is 7.01. The van der Waals surface area contributed by atoms with E-state index in [-0.39, 0.29) is 17.9 Å². The average molecular weight is 382 g/mol. The molecular weight excluding hydrogens is 370 g/mol. The molecule has 0 fully saturated rings. The summed E-state index contributed by atoms with van der Waals surface area (Å²) in [5.41, 5.74) is 0.760. The Kier molecular flexibility index (Phi) is 5.42. The number of rotatable bonds is 4. The largest absolute Gasteiger partial charge is 0.471 e. The van der Waals surface area contributed by atoms with Crippen LogP contribution in [0, 0.1) is 0 Å². The summed E-state index contributed by atoms with van der Waals surface area (Å²) in [6.07, 6.45) is -9.26. The van der Waals surface area contributed by atoms with Gasteiger partial charge in [0.2, 0.25) is 5.82 Å². The fourth-order valence-corrected chi connectivity index (χ4v) is 1.88. The maximum Gasteiger partial charge on any atom is 0.471 e. The van der Waals surface area contributed by atoms with Crippen molar-refractivity contribution in [3.8, 4) is 11.4 Å². The van der Waals surface area contributed by atoms with Crippen molar-refractivity contribution in [1.29, 1.82) is 0 Å². The predicted octanol–water partition coefficient (Wildman–Crippen LogP) is 3.46. The highest BCUT2D eigenvalue weighted by Gasteiger charge is 2.38. The van der Waals surface area contributed by atoms with Gasteiger partial charge in [-0.2, -0.15) is 31.3 Å². The lowest BCUT2D eigenvalue weighted by atomic mass is 10.1. The van der Waals surface area contributed by atoms with Gasteiger partial charge in [-0.05, 0) is 5.56 Å². The van der Waals surface area contributed by atoms with E-state index in [4.69, 9.17) is 0 Å². The van der Waals surface area contributed by atoms with Crippen molar-refractivity contribution < 1.29 is 35.7 Å². The van der Waals surface area contributed by atoms with E-state index in [1.807, 2.05) is 0 Å². The van der Waals surface area contributed by atoms with E-state index in [0.29, 0.717) is 10.5 Å². The molecule has 0 aliphatic carbocycles. The molecule has 0 saturated heterocycles. The van der Waals surface area contributed by atoms with Gasteiger partial charge in [0.05, 0.1) is 0 Å². The highest BCUT2D eigenvalue weighted by Crippen LogP contribution is 2.29. The van der Waals surface area contributed by atoms with Gasteiger partial charge >= 0.3 is 24.3 Å². The highest BCUT2D eigenvalue weighted by atomic mass is 19.4. The van der Waals surface area contributed by atoms with Gasteiger partial charge in [0.25, 0.3) is 0 Å². The van der Waals surface area contributed by atoms with E-state index in [2.05, 4.69) is 20.0 Å². The number of carbonyl (C=O) groups is 1. The van der Waals surface area contributed by atoms with E-state index < -0.39 is 30.8 Å². The average Bonchev–Trinajstić information content (AvgIpc) is 3.01. The van der Waals surface area contributed by atoms with E-state index in [1.54, 1.807) is 0 Å². The van der Waals surface area contributed by atoms with Crippen LogP contribution in [0.5, 0.6) is 0 Å². The Labute approximate surface area is 142 Å². The summed E-state index contributed by atoms with van der Waals surface area (Å²) >= 11 is 0. The molecule has 0 radical (unpaired) electrons. The Hall–Kier alpha value is -2.79. The third-order valence-corrected chi connectivity index (χ3v) is 3.09. The van der Waals surface area contributed by atoms with Gasteiger partial charge in [-0.15, -0.1) is 0 Å². The second kappa shape index (κ2) is 7.22. The third kappa shape index (κ3) is 5.36. The molecule has 1 aromatic heterocycles. The minimum atomic E-state index is -4.75. The van der Waals surface area contributed by atoms with Crippen molar-refractivity contribution in [3.63, 3.8) is 0 Å². The molecule has 0 aliphatic rings. The number of carbonyl (C=O) groups excluding carboxylic acids is 1. The van der Waals surface area contributed by atoms with Crippen LogP contribution in [0.1, 0.15) is 11.5 Å². The van der Waals surface area contributed by atoms with Gasteiger partial charge in [0.1, 0.15) is 6.54 Å². The van der Waals surface area contributed by atoms with E-state index in [1.165, 1.54) is 24.3 Å². The molecule has 6 nitrogen and oxygen atoms in total. The molecule has 12 heteroatoms. The van der Waals surface area contributed by atoms with Crippen LogP contribution in [-0.4, -0.2) is 40.8 Å². The minimum absolute atomic E-state index is 0.0681. The van der Waals surface area contributed by atoms with Crippen LogP contribution in [0.15, 0.2) is 28.8 Å².